The van der Waals surface area contributed by atoms with Crippen LogP contribution in [0.5, 0.6) is 5.75 Å². The number of nitrogens with one attached hydrogen (secondary N) is 1. The summed E-state index contributed by atoms with van der Waals surface area (Å²) in [7, 11) is 0. The molecule has 1 aromatic rings. The molecule has 3 unspecified atom stereocenters. The molecule has 1 N–H and O–H groups in total. The van der Waals surface area contributed by atoms with Crippen molar-refractivity contribution in [1.82, 2.24) is 5.32 Å². The molecule has 106 valence electrons. The van der Waals surface area contributed by atoms with Gasteiger partial charge < -0.3 is 10.1 Å². The normalized spacial score (nSPS) is 29.9. The molecule has 1 fully saturated rings. The number of hydrogen-bond donors (Lipinski definition) is 1. The fourth-order valence-electron chi connectivity index (χ4n) is 2.77. The minimum absolute atomic E-state index is 0.213. The standard InChI is InChI=1S/C15H21Br2NO/c1-4-15(3)12(18-5-2)9-13(15)19-14-10(16)7-6-8-11(14)17/h6-8,12-13,18H,4-5,9H2,1-3H3. The highest BCUT2D eigenvalue weighted by Crippen LogP contribution is 2.47. The van der Waals surface area contributed by atoms with Gasteiger partial charge in [0.15, 0.2) is 0 Å². The van der Waals surface area contributed by atoms with E-state index in [1.807, 2.05) is 18.2 Å². The molecule has 1 saturated carbocycles. The molecule has 2 rings (SSSR count). The van der Waals surface area contributed by atoms with E-state index in [4.69, 9.17) is 4.74 Å². The van der Waals surface area contributed by atoms with Gasteiger partial charge in [-0.05, 0) is 57.0 Å². The van der Waals surface area contributed by atoms with Crippen LogP contribution in [0.25, 0.3) is 0 Å². The zero-order chi connectivity index (χ0) is 14.0. The van der Waals surface area contributed by atoms with E-state index in [1.165, 1.54) is 0 Å². The Morgan fingerprint density at radius 3 is 2.47 bits per heavy atom. The maximum Gasteiger partial charge on any atom is 0.148 e. The van der Waals surface area contributed by atoms with Crippen LogP contribution in [0.3, 0.4) is 0 Å². The van der Waals surface area contributed by atoms with Crippen LogP contribution in [0.2, 0.25) is 0 Å². The molecule has 1 aliphatic rings. The molecule has 19 heavy (non-hydrogen) atoms. The summed E-state index contributed by atoms with van der Waals surface area (Å²) in [5.74, 6) is 0.919. The van der Waals surface area contributed by atoms with Crippen LogP contribution in [-0.2, 0) is 0 Å². The molecule has 0 amide bonds. The van der Waals surface area contributed by atoms with Crippen molar-refractivity contribution in [3.05, 3.63) is 27.1 Å². The highest BCUT2D eigenvalue weighted by molar-refractivity contribution is 9.11. The second-order valence-corrected chi connectivity index (χ2v) is 7.07. The van der Waals surface area contributed by atoms with Crippen molar-refractivity contribution < 1.29 is 4.74 Å². The third kappa shape index (κ3) is 2.86. The van der Waals surface area contributed by atoms with Gasteiger partial charge in [0.2, 0.25) is 0 Å². The second-order valence-electron chi connectivity index (χ2n) is 5.36. The lowest BCUT2D eigenvalue weighted by Gasteiger charge is -2.53. The van der Waals surface area contributed by atoms with E-state index in [2.05, 4.69) is 57.9 Å². The van der Waals surface area contributed by atoms with Crippen LogP contribution < -0.4 is 10.1 Å². The number of halogens is 2. The molecule has 1 aliphatic carbocycles. The smallest absolute Gasteiger partial charge is 0.148 e. The maximum atomic E-state index is 6.26. The summed E-state index contributed by atoms with van der Waals surface area (Å²) in [6.07, 6.45) is 2.47. The summed E-state index contributed by atoms with van der Waals surface area (Å²) in [6, 6.07) is 6.60. The quantitative estimate of drug-likeness (QED) is 0.782. The molecule has 3 atom stereocenters. The molecule has 0 heterocycles. The van der Waals surface area contributed by atoms with Crippen LogP contribution in [0, 0.1) is 5.41 Å². The highest BCUT2D eigenvalue weighted by Gasteiger charge is 2.51. The number of ether oxygens (including phenoxy) is 1. The Morgan fingerprint density at radius 1 is 1.32 bits per heavy atom. The topological polar surface area (TPSA) is 21.3 Å². The van der Waals surface area contributed by atoms with Crippen LogP contribution >= 0.6 is 31.9 Å². The molecule has 0 radical (unpaired) electrons. The Hall–Kier alpha value is -0.0600. The van der Waals surface area contributed by atoms with E-state index in [0.717, 1.165) is 34.1 Å². The second kappa shape index (κ2) is 6.15. The van der Waals surface area contributed by atoms with Crippen molar-refractivity contribution in [3.8, 4) is 5.75 Å². The van der Waals surface area contributed by atoms with Gasteiger partial charge in [-0.3, -0.25) is 0 Å². The number of rotatable bonds is 5. The van der Waals surface area contributed by atoms with Gasteiger partial charge in [0.1, 0.15) is 11.9 Å². The molecule has 0 aromatic heterocycles. The number of hydrogen-bond acceptors (Lipinski definition) is 2. The first-order valence-corrected chi connectivity index (χ1v) is 8.45. The number of benzene rings is 1. The predicted molar refractivity (Wildman–Crippen MR) is 86.7 cm³/mol. The lowest BCUT2D eigenvalue weighted by molar-refractivity contribution is -0.0703. The predicted octanol–water partition coefficient (Wildman–Crippen LogP) is 4.76. The first-order valence-electron chi connectivity index (χ1n) is 6.87. The van der Waals surface area contributed by atoms with Crippen molar-refractivity contribution in [2.24, 2.45) is 5.41 Å². The van der Waals surface area contributed by atoms with Crippen molar-refractivity contribution in [1.29, 1.82) is 0 Å². The van der Waals surface area contributed by atoms with Gasteiger partial charge in [-0.15, -0.1) is 0 Å². The molecular weight excluding hydrogens is 370 g/mol. The van der Waals surface area contributed by atoms with Crippen molar-refractivity contribution in [2.75, 3.05) is 6.54 Å². The van der Waals surface area contributed by atoms with Crippen molar-refractivity contribution >= 4 is 31.9 Å². The zero-order valence-electron chi connectivity index (χ0n) is 11.7. The van der Waals surface area contributed by atoms with E-state index in [0.29, 0.717) is 6.04 Å². The highest BCUT2D eigenvalue weighted by atomic mass is 79.9. The van der Waals surface area contributed by atoms with Gasteiger partial charge in [0, 0.05) is 17.9 Å². The van der Waals surface area contributed by atoms with Gasteiger partial charge in [0.05, 0.1) is 8.95 Å². The molecular formula is C15H21Br2NO. The average molecular weight is 391 g/mol. The van der Waals surface area contributed by atoms with E-state index in [-0.39, 0.29) is 11.5 Å². The van der Waals surface area contributed by atoms with Gasteiger partial charge >= 0.3 is 0 Å². The van der Waals surface area contributed by atoms with Gasteiger partial charge in [-0.25, -0.2) is 0 Å². The minimum Gasteiger partial charge on any atom is -0.487 e. The van der Waals surface area contributed by atoms with Crippen molar-refractivity contribution in [3.63, 3.8) is 0 Å². The zero-order valence-corrected chi connectivity index (χ0v) is 14.8. The lowest BCUT2D eigenvalue weighted by Crippen LogP contribution is -2.63. The fraction of sp³-hybridized carbons (Fsp3) is 0.600. The van der Waals surface area contributed by atoms with Crippen LogP contribution in [-0.4, -0.2) is 18.7 Å². The van der Waals surface area contributed by atoms with Crippen LogP contribution in [0.4, 0.5) is 0 Å². The first kappa shape index (κ1) is 15.3. The largest absolute Gasteiger partial charge is 0.487 e. The lowest BCUT2D eigenvalue weighted by atomic mass is 9.61. The van der Waals surface area contributed by atoms with Crippen LogP contribution in [0.15, 0.2) is 27.1 Å². The third-order valence-electron chi connectivity index (χ3n) is 4.37. The van der Waals surface area contributed by atoms with E-state index < -0.39 is 0 Å². The van der Waals surface area contributed by atoms with E-state index in [9.17, 15) is 0 Å². The summed E-state index contributed by atoms with van der Waals surface area (Å²) in [4.78, 5) is 0. The molecule has 4 heteroatoms. The van der Waals surface area contributed by atoms with Gasteiger partial charge in [0.25, 0.3) is 0 Å². The maximum absolute atomic E-state index is 6.26. The summed E-state index contributed by atoms with van der Waals surface area (Å²) in [5.41, 5.74) is 0.213. The summed E-state index contributed by atoms with van der Waals surface area (Å²) in [6.45, 7) is 7.74. The van der Waals surface area contributed by atoms with E-state index in [1.54, 1.807) is 0 Å². The Labute approximate surface area is 132 Å². The van der Waals surface area contributed by atoms with Crippen LogP contribution in [0.1, 0.15) is 33.6 Å². The molecule has 1 aromatic carbocycles. The summed E-state index contributed by atoms with van der Waals surface area (Å²) >= 11 is 7.13. The Kier molecular flexibility index (Phi) is 4.96. The summed E-state index contributed by atoms with van der Waals surface area (Å²) < 4.78 is 8.27. The molecule has 0 bridgehead atoms. The van der Waals surface area contributed by atoms with E-state index >= 15 is 0 Å². The first-order chi connectivity index (χ1) is 9.02. The average Bonchev–Trinajstić information content (AvgIpc) is 2.39. The Balaban J connectivity index is 2.12. The minimum atomic E-state index is 0.213. The molecule has 0 spiro atoms. The fourth-order valence-corrected chi connectivity index (χ4v) is 3.96. The Morgan fingerprint density at radius 2 is 1.95 bits per heavy atom. The molecule has 2 nitrogen and oxygen atoms in total. The Bertz CT molecular complexity index is 432. The monoisotopic (exact) mass is 389 g/mol. The van der Waals surface area contributed by atoms with Crippen molar-refractivity contribution in [2.45, 2.75) is 45.8 Å². The number of para-hydroxylation sites is 1. The summed E-state index contributed by atoms with van der Waals surface area (Å²) in [5, 5.41) is 3.57. The van der Waals surface area contributed by atoms with Gasteiger partial charge in [-0.2, -0.15) is 0 Å². The molecule has 0 saturated heterocycles. The van der Waals surface area contributed by atoms with Gasteiger partial charge in [-0.1, -0.05) is 26.8 Å². The molecule has 0 aliphatic heterocycles. The SMILES string of the molecule is CCNC1CC(Oc2c(Br)cccc2Br)C1(C)CC. The third-order valence-corrected chi connectivity index (χ3v) is 5.62.